The number of thiazole rings is 1. The van der Waals surface area contributed by atoms with Gasteiger partial charge in [-0.3, -0.25) is 14.4 Å². The second kappa shape index (κ2) is 11.0. The van der Waals surface area contributed by atoms with Crippen molar-refractivity contribution in [2.75, 3.05) is 30.8 Å². The van der Waals surface area contributed by atoms with Gasteiger partial charge in [0.2, 0.25) is 5.91 Å². The normalized spacial score (nSPS) is 14.7. The summed E-state index contributed by atoms with van der Waals surface area (Å²) in [4.78, 5) is 45.5. The highest BCUT2D eigenvalue weighted by atomic mass is 32.1. The number of nitrogens with one attached hydrogen (secondary N) is 3. The van der Waals surface area contributed by atoms with Gasteiger partial charge in [0, 0.05) is 25.1 Å². The predicted octanol–water partition coefficient (Wildman–Crippen LogP) is 0.0955. The van der Waals surface area contributed by atoms with Crippen molar-refractivity contribution in [3.8, 4) is 16.3 Å². The maximum absolute atomic E-state index is 13.1. The summed E-state index contributed by atoms with van der Waals surface area (Å²) >= 11 is 1.33. The van der Waals surface area contributed by atoms with Gasteiger partial charge in [0.15, 0.2) is 17.3 Å². The van der Waals surface area contributed by atoms with E-state index in [4.69, 9.17) is 4.74 Å². The lowest BCUT2D eigenvalue weighted by atomic mass is 9.49. The van der Waals surface area contributed by atoms with Gasteiger partial charge < -0.3 is 25.6 Å². The van der Waals surface area contributed by atoms with E-state index in [0.717, 1.165) is 32.4 Å². The lowest BCUT2D eigenvalue weighted by Gasteiger charge is -2.30. The van der Waals surface area contributed by atoms with Crippen LogP contribution in [0, 0.1) is 12.8 Å². The lowest BCUT2D eigenvalue weighted by Crippen LogP contribution is -2.50. The summed E-state index contributed by atoms with van der Waals surface area (Å²) in [5.41, 5.74) is 2.35. The predicted molar refractivity (Wildman–Crippen MR) is 162 cm³/mol. The van der Waals surface area contributed by atoms with Crippen LogP contribution in [0.4, 0.5) is 17.2 Å². The molecule has 0 bridgehead atoms. The topological polar surface area (TPSA) is 138 Å². The molecule has 3 N–H and O–H groups in total. The van der Waals surface area contributed by atoms with Crippen molar-refractivity contribution in [1.29, 1.82) is 0 Å². The zero-order chi connectivity index (χ0) is 28.6. The first kappa shape index (κ1) is 27.7. The van der Waals surface area contributed by atoms with Gasteiger partial charge in [0.1, 0.15) is 33.4 Å². The minimum Gasteiger partial charge on any atom is -0.494 e. The Kier molecular flexibility index (Phi) is 7.58. The van der Waals surface area contributed by atoms with Crippen LogP contribution in [0.3, 0.4) is 0 Å². The second-order valence-corrected chi connectivity index (χ2v) is 12.0. The lowest BCUT2D eigenvalue weighted by molar-refractivity contribution is -0.117. The van der Waals surface area contributed by atoms with E-state index in [1.54, 1.807) is 13.2 Å². The van der Waals surface area contributed by atoms with Gasteiger partial charge in [-0.05, 0) is 43.6 Å². The third kappa shape index (κ3) is 5.98. The summed E-state index contributed by atoms with van der Waals surface area (Å²) in [6.45, 7) is 3.37. The number of benzene rings is 1. The van der Waals surface area contributed by atoms with Crippen molar-refractivity contribution in [2.24, 2.45) is 5.92 Å². The number of nitrogens with zero attached hydrogens (tertiary/aromatic N) is 4. The summed E-state index contributed by atoms with van der Waals surface area (Å²) in [7, 11) is 7.17. The van der Waals surface area contributed by atoms with Crippen molar-refractivity contribution in [3.05, 3.63) is 40.5 Å². The maximum Gasteiger partial charge on any atom is 0.272 e. The molecule has 0 spiro atoms. The van der Waals surface area contributed by atoms with E-state index in [0.29, 0.717) is 38.3 Å². The van der Waals surface area contributed by atoms with Crippen LogP contribution in [-0.4, -0.2) is 86.8 Å². The number of likely N-dealkylation sites (tertiary alicyclic amines) is 1. The molecule has 3 heterocycles. The molecule has 5 rings (SSSR count). The Bertz CT molecular complexity index is 1490. The average Bonchev–Trinajstić information content (AvgIpc) is 3.63. The van der Waals surface area contributed by atoms with Crippen LogP contribution < -0.4 is 20.7 Å². The Morgan fingerprint density at radius 3 is 2.50 bits per heavy atom. The van der Waals surface area contributed by atoms with Crippen LogP contribution in [0.25, 0.3) is 10.6 Å². The molecule has 15 heteroatoms. The van der Waals surface area contributed by atoms with Gasteiger partial charge in [0.25, 0.3) is 11.8 Å². The van der Waals surface area contributed by atoms with Crippen LogP contribution >= 0.6 is 11.3 Å². The number of hydrogen-bond donors (Lipinski definition) is 3. The molecule has 0 atom stereocenters. The standard InChI is InChI=1S/C25H30B3N7O4S/c1-12-20(24(38)35-9-4-10-35)40-23(29-12)14-5-3-6-15(19(14)39-2)30-16-11-17(31-21(36)13-7-8-13)33-34-18(16)22(37)32-25(26,27)28/h3,5-6,11,13H,4,7-10,26-28H2,1-2H3,(H,32,37)(H2,30,31,33,36). The van der Waals surface area contributed by atoms with Crippen LogP contribution in [0.15, 0.2) is 24.3 Å². The molecule has 1 saturated heterocycles. The third-order valence-electron chi connectivity index (χ3n) is 6.55. The molecule has 2 aromatic heterocycles. The Morgan fingerprint density at radius 1 is 1.12 bits per heavy atom. The van der Waals surface area contributed by atoms with Gasteiger partial charge in [0.05, 0.1) is 29.7 Å². The van der Waals surface area contributed by atoms with E-state index < -0.39 is 11.1 Å². The first-order valence-corrected chi connectivity index (χ1v) is 14.1. The summed E-state index contributed by atoms with van der Waals surface area (Å²) < 4.78 is 5.81. The molecular weight excluding hydrogens is 527 g/mol. The van der Waals surface area contributed by atoms with E-state index in [-0.39, 0.29) is 29.2 Å². The van der Waals surface area contributed by atoms with Gasteiger partial charge in [-0.15, -0.1) is 21.5 Å². The Balaban J connectivity index is 1.50. The molecule has 3 amide bonds. The second-order valence-electron chi connectivity index (χ2n) is 11.1. The summed E-state index contributed by atoms with van der Waals surface area (Å²) in [5.74, 6) is 0.183. The number of aryl methyl sites for hydroxylation is 1. The van der Waals surface area contributed by atoms with Crippen molar-refractivity contribution in [1.82, 2.24) is 25.4 Å². The Labute approximate surface area is 239 Å². The van der Waals surface area contributed by atoms with E-state index >= 15 is 0 Å². The van der Waals surface area contributed by atoms with Crippen molar-refractivity contribution in [2.45, 2.75) is 31.4 Å². The van der Waals surface area contributed by atoms with Crippen LogP contribution in [0.5, 0.6) is 5.75 Å². The molecule has 1 aromatic carbocycles. The Hall–Kier alpha value is -3.87. The fourth-order valence-electron chi connectivity index (χ4n) is 4.23. The molecule has 0 radical (unpaired) electrons. The molecule has 2 aliphatic rings. The minimum atomic E-state index is -0.500. The molecular formula is C25H30B3N7O4S. The highest BCUT2D eigenvalue weighted by Crippen LogP contribution is 2.41. The smallest absolute Gasteiger partial charge is 0.272 e. The molecule has 204 valence electrons. The fourth-order valence-corrected chi connectivity index (χ4v) is 5.29. The highest BCUT2D eigenvalue weighted by Gasteiger charge is 2.31. The van der Waals surface area contributed by atoms with Gasteiger partial charge in [-0.2, -0.15) is 0 Å². The molecule has 1 saturated carbocycles. The quantitative estimate of drug-likeness (QED) is 0.315. The number of rotatable bonds is 9. The van der Waals surface area contributed by atoms with Crippen LogP contribution in [-0.2, 0) is 4.79 Å². The first-order valence-electron chi connectivity index (χ1n) is 13.3. The highest BCUT2D eigenvalue weighted by molar-refractivity contribution is 7.17. The SMILES string of the molecule is BC(B)(B)NC(=O)c1nnc(NC(=O)C2CC2)cc1Nc1cccc(-c2nc(C)c(C(=O)N3CCC3)s2)c1OC. The van der Waals surface area contributed by atoms with E-state index in [9.17, 15) is 14.4 Å². The fraction of sp³-hybridized carbons (Fsp3) is 0.360. The molecule has 11 nitrogen and oxygen atoms in total. The number of amides is 3. The van der Waals surface area contributed by atoms with Crippen LogP contribution in [0.2, 0.25) is 0 Å². The summed E-state index contributed by atoms with van der Waals surface area (Å²) in [5, 5.41) is 17.4. The number of methoxy groups -OCH3 is 1. The number of carbonyl (C=O) groups is 3. The van der Waals surface area contributed by atoms with E-state index in [2.05, 4.69) is 31.1 Å². The summed E-state index contributed by atoms with van der Waals surface area (Å²) in [6, 6.07) is 7.12. The van der Waals surface area contributed by atoms with Gasteiger partial charge in [-0.25, -0.2) is 4.98 Å². The maximum atomic E-state index is 13.1. The number of para-hydroxylation sites is 1. The third-order valence-corrected chi connectivity index (χ3v) is 7.73. The van der Waals surface area contributed by atoms with Crippen molar-refractivity contribution >= 4 is 69.8 Å². The average molecular weight is 557 g/mol. The number of hydrogen-bond acceptors (Lipinski definition) is 9. The van der Waals surface area contributed by atoms with E-state index in [1.807, 2.05) is 53.6 Å². The number of aromatic nitrogens is 3. The molecule has 2 fully saturated rings. The van der Waals surface area contributed by atoms with Crippen molar-refractivity contribution < 1.29 is 19.1 Å². The monoisotopic (exact) mass is 557 g/mol. The zero-order valence-electron chi connectivity index (χ0n) is 23.3. The number of anilines is 3. The van der Waals surface area contributed by atoms with Crippen LogP contribution in [0.1, 0.15) is 45.1 Å². The zero-order valence-corrected chi connectivity index (χ0v) is 24.1. The van der Waals surface area contributed by atoms with Gasteiger partial charge >= 0.3 is 0 Å². The minimum absolute atomic E-state index is 0.00103. The molecule has 0 unspecified atom stereocenters. The molecule has 3 aromatic rings. The number of ether oxygens (including phenoxy) is 1. The Morgan fingerprint density at radius 2 is 1.88 bits per heavy atom. The van der Waals surface area contributed by atoms with Crippen molar-refractivity contribution in [3.63, 3.8) is 0 Å². The first-order chi connectivity index (χ1) is 19.0. The molecule has 1 aliphatic carbocycles. The largest absolute Gasteiger partial charge is 0.494 e. The molecule has 40 heavy (non-hydrogen) atoms. The molecule has 1 aliphatic heterocycles. The number of carbonyl (C=O) groups excluding carboxylic acids is 3. The van der Waals surface area contributed by atoms with E-state index in [1.165, 1.54) is 11.3 Å². The van der Waals surface area contributed by atoms with Gasteiger partial charge in [-0.1, -0.05) is 6.07 Å². The summed E-state index contributed by atoms with van der Waals surface area (Å²) in [6.07, 6.45) is 2.72.